The Morgan fingerprint density at radius 1 is 0.970 bits per heavy atom. The predicted octanol–water partition coefficient (Wildman–Crippen LogP) is 4.22. The van der Waals surface area contributed by atoms with Gasteiger partial charge in [-0.05, 0) is 37.1 Å². The molecule has 166 valence electrons. The predicted molar refractivity (Wildman–Crippen MR) is 114 cm³/mol. The van der Waals surface area contributed by atoms with Gasteiger partial charge < -0.3 is 5.32 Å². The van der Waals surface area contributed by atoms with Crippen LogP contribution in [0.25, 0.3) is 33.2 Å². The second kappa shape index (κ2) is 6.89. The van der Waals surface area contributed by atoms with E-state index < -0.39 is 22.7 Å². The highest BCUT2D eigenvalue weighted by atomic mass is 19.4. The van der Waals surface area contributed by atoms with Crippen molar-refractivity contribution in [1.29, 1.82) is 0 Å². The van der Waals surface area contributed by atoms with Crippen LogP contribution in [0, 0.1) is 0 Å². The van der Waals surface area contributed by atoms with Crippen LogP contribution in [0.5, 0.6) is 0 Å². The highest BCUT2D eigenvalue weighted by Crippen LogP contribution is 2.44. The summed E-state index contributed by atoms with van der Waals surface area (Å²) < 4.78 is 42.1. The Morgan fingerprint density at radius 3 is 2.58 bits per heavy atom. The number of benzene rings is 2. The molecular formula is C21H15F3N8O. The van der Waals surface area contributed by atoms with Gasteiger partial charge in [-0.3, -0.25) is 20.1 Å². The third kappa shape index (κ3) is 3.22. The summed E-state index contributed by atoms with van der Waals surface area (Å²) in [6.07, 6.45) is -3.02. The van der Waals surface area contributed by atoms with Gasteiger partial charge in [0.05, 0.1) is 22.0 Å². The van der Waals surface area contributed by atoms with E-state index >= 15 is 0 Å². The molecule has 6 rings (SSSR count). The van der Waals surface area contributed by atoms with Gasteiger partial charge in [-0.25, -0.2) is 4.98 Å². The number of rotatable bonds is 4. The molecule has 5 aromatic rings. The van der Waals surface area contributed by atoms with Crippen molar-refractivity contribution in [3.63, 3.8) is 0 Å². The number of hydrogen-bond acceptors (Lipinski definition) is 6. The third-order valence-corrected chi connectivity index (χ3v) is 5.65. The van der Waals surface area contributed by atoms with Crippen LogP contribution in [0.2, 0.25) is 0 Å². The second-order valence-corrected chi connectivity index (χ2v) is 7.87. The molecule has 0 atom stereocenters. The molecule has 0 unspecified atom stereocenters. The number of H-pyrrole nitrogens is 3. The summed E-state index contributed by atoms with van der Waals surface area (Å²) >= 11 is 0. The first-order valence-corrected chi connectivity index (χ1v) is 10.2. The quantitative estimate of drug-likeness (QED) is 0.323. The number of halogens is 3. The zero-order valence-electron chi connectivity index (χ0n) is 16.8. The highest BCUT2D eigenvalue weighted by Gasteiger charge is 2.39. The van der Waals surface area contributed by atoms with Crippen LogP contribution in [-0.4, -0.2) is 35.6 Å². The van der Waals surface area contributed by atoms with E-state index in [1.807, 2.05) is 24.3 Å². The first-order chi connectivity index (χ1) is 15.9. The molecule has 12 heteroatoms. The molecule has 0 radical (unpaired) electrons. The molecule has 0 saturated heterocycles. The monoisotopic (exact) mass is 452 g/mol. The molecule has 1 aliphatic carbocycles. The fraction of sp³-hybridized carbons (Fsp3) is 0.190. The summed E-state index contributed by atoms with van der Waals surface area (Å²) in [5.41, 5.74) is -0.903. The molecule has 0 aliphatic heterocycles. The van der Waals surface area contributed by atoms with Crippen molar-refractivity contribution in [2.24, 2.45) is 0 Å². The van der Waals surface area contributed by atoms with E-state index in [4.69, 9.17) is 0 Å². The number of alkyl halides is 3. The molecule has 0 amide bonds. The maximum Gasteiger partial charge on any atom is 0.417 e. The summed E-state index contributed by atoms with van der Waals surface area (Å²) in [5.74, 6) is 0.656. The molecule has 1 saturated carbocycles. The van der Waals surface area contributed by atoms with E-state index in [-0.39, 0.29) is 28.6 Å². The smallest absolute Gasteiger partial charge is 0.321 e. The Kier molecular flexibility index (Phi) is 4.06. The molecule has 2 aromatic carbocycles. The summed E-state index contributed by atoms with van der Waals surface area (Å²) in [6, 6.07) is 10.1. The number of fused-ring (bicyclic) bond motifs is 2. The third-order valence-electron chi connectivity index (χ3n) is 5.65. The van der Waals surface area contributed by atoms with E-state index in [1.165, 1.54) is 12.1 Å². The fourth-order valence-corrected chi connectivity index (χ4v) is 3.95. The lowest BCUT2D eigenvalue weighted by molar-refractivity contribution is -0.135. The van der Waals surface area contributed by atoms with Crippen LogP contribution in [0.3, 0.4) is 0 Å². The molecule has 33 heavy (non-hydrogen) atoms. The normalized spacial score (nSPS) is 14.3. The van der Waals surface area contributed by atoms with Gasteiger partial charge in [0, 0.05) is 16.9 Å². The van der Waals surface area contributed by atoms with Crippen LogP contribution in [0.1, 0.15) is 30.0 Å². The first-order valence-electron chi connectivity index (χ1n) is 10.2. The van der Waals surface area contributed by atoms with Crippen LogP contribution < -0.4 is 10.9 Å². The van der Waals surface area contributed by atoms with Crippen LogP contribution in [0.15, 0.2) is 41.2 Å². The number of aromatic amines is 3. The van der Waals surface area contributed by atoms with Crippen LogP contribution >= 0.6 is 0 Å². The Labute approximate surface area is 182 Å². The Morgan fingerprint density at radius 2 is 1.79 bits per heavy atom. The van der Waals surface area contributed by atoms with Gasteiger partial charge in [0.25, 0.3) is 5.56 Å². The maximum atomic E-state index is 14.0. The minimum atomic E-state index is -4.81. The van der Waals surface area contributed by atoms with E-state index in [9.17, 15) is 18.0 Å². The van der Waals surface area contributed by atoms with Crippen molar-refractivity contribution >= 4 is 33.4 Å². The van der Waals surface area contributed by atoms with Crippen LogP contribution in [0.4, 0.5) is 24.8 Å². The average molecular weight is 452 g/mol. The van der Waals surface area contributed by atoms with Gasteiger partial charge in [0.2, 0.25) is 0 Å². The summed E-state index contributed by atoms with van der Waals surface area (Å²) in [7, 11) is 0. The largest absolute Gasteiger partial charge is 0.417 e. The van der Waals surface area contributed by atoms with Gasteiger partial charge in [0.1, 0.15) is 5.69 Å². The number of nitrogens with one attached hydrogen (secondary N) is 4. The van der Waals surface area contributed by atoms with Gasteiger partial charge >= 0.3 is 6.18 Å². The fourth-order valence-electron chi connectivity index (χ4n) is 3.95. The standard InChI is InChI=1S/C21H15F3N8O/c22-21(23,24)15-11(7-8-13-14(15)20(33)32-28-13)18-26-19(16(29-31-18)9-5-6-9)25-17-10-3-1-2-4-12(10)27-30-17/h1-4,7-9H,5-6H2,(H2,28,32,33)(H2,25,26,27,30,31). The van der Waals surface area contributed by atoms with E-state index in [0.29, 0.717) is 11.5 Å². The number of hydrogen-bond donors (Lipinski definition) is 4. The molecule has 3 heterocycles. The minimum absolute atomic E-state index is 0.0416. The lowest BCUT2D eigenvalue weighted by Gasteiger charge is -2.14. The number of nitrogens with zero attached hydrogens (tertiary/aromatic N) is 4. The van der Waals surface area contributed by atoms with E-state index in [1.54, 1.807) is 0 Å². The average Bonchev–Trinajstić information content (AvgIpc) is 3.47. The lowest BCUT2D eigenvalue weighted by atomic mass is 10.0. The number of aromatic nitrogens is 7. The van der Waals surface area contributed by atoms with E-state index in [2.05, 4.69) is 40.9 Å². The topological polar surface area (TPSA) is 128 Å². The minimum Gasteiger partial charge on any atom is -0.321 e. The second-order valence-electron chi connectivity index (χ2n) is 7.87. The van der Waals surface area contributed by atoms with Crippen molar-refractivity contribution in [2.75, 3.05) is 5.32 Å². The van der Waals surface area contributed by atoms with Crippen molar-refractivity contribution in [2.45, 2.75) is 24.9 Å². The van der Waals surface area contributed by atoms with Crippen LogP contribution in [-0.2, 0) is 6.18 Å². The lowest BCUT2D eigenvalue weighted by Crippen LogP contribution is -2.14. The number of para-hydroxylation sites is 1. The molecule has 3 aromatic heterocycles. The van der Waals surface area contributed by atoms with Crippen molar-refractivity contribution in [3.05, 3.63) is 58.0 Å². The summed E-state index contributed by atoms with van der Waals surface area (Å²) in [6.45, 7) is 0. The van der Waals surface area contributed by atoms with Gasteiger partial charge in [0.15, 0.2) is 17.5 Å². The Hall–Kier alpha value is -4.22. The molecular weight excluding hydrogens is 437 g/mol. The molecule has 4 N–H and O–H groups in total. The maximum absolute atomic E-state index is 14.0. The SMILES string of the molecule is O=c1[nH][nH]c2ccc(-c3nnc(C4CC4)c(Nc4n[nH]c5ccccc45)n3)c(C(F)(F)F)c12. The van der Waals surface area contributed by atoms with Gasteiger partial charge in [-0.15, -0.1) is 10.2 Å². The first kappa shape index (κ1) is 19.5. The summed E-state index contributed by atoms with van der Waals surface area (Å²) in [4.78, 5) is 16.5. The summed E-state index contributed by atoms with van der Waals surface area (Å²) in [5, 5.41) is 23.5. The molecule has 0 bridgehead atoms. The highest BCUT2D eigenvalue weighted by molar-refractivity contribution is 5.91. The van der Waals surface area contributed by atoms with E-state index in [0.717, 1.165) is 23.7 Å². The molecule has 1 aliphatic rings. The Balaban J connectivity index is 1.53. The Bertz CT molecular complexity index is 1580. The molecule has 9 nitrogen and oxygen atoms in total. The zero-order valence-corrected chi connectivity index (χ0v) is 16.8. The van der Waals surface area contributed by atoms with Gasteiger partial charge in [-0.2, -0.15) is 18.3 Å². The van der Waals surface area contributed by atoms with Crippen molar-refractivity contribution in [1.82, 2.24) is 35.6 Å². The zero-order chi connectivity index (χ0) is 22.7. The van der Waals surface area contributed by atoms with Crippen molar-refractivity contribution < 1.29 is 13.2 Å². The molecule has 0 spiro atoms. The molecule has 1 fully saturated rings. The number of anilines is 2. The van der Waals surface area contributed by atoms with Crippen molar-refractivity contribution in [3.8, 4) is 11.4 Å². The van der Waals surface area contributed by atoms with Gasteiger partial charge in [-0.1, -0.05) is 12.1 Å².